The van der Waals surface area contributed by atoms with Gasteiger partial charge in [-0.05, 0) is 42.2 Å². The Kier molecular flexibility index (Phi) is 4.13. The van der Waals surface area contributed by atoms with Crippen LogP contribution in [-0.4, -0.2) is 12.6 Å². The summed E-state index contributed by atoms with van der Waals surface area (Å²) in [7, 11) is 0. The van der Waals surface area contributed by atoms with E-state index in [4.69, 9.17) is 22.1 Å². The Morgan fingerprint density at radius 1 is 1.29 bits per heavy atom. The van der Waals surface area contributed by atoms with Crippen molar-refractivity contribution in [2.24, 2.45) is 5.73 Å². The maximum atomic E-state index is 13.9. The largest absolute Gasteiger partial charge is 0.493 e. The lowest BCUT2D eigenvalue weighted by molar-refractivity contribution is 0.254. The van der Waals surface area contributed by atoms with Gasteiger partial charge in [-0.2, -0.15) is 0 Å². The molecule has 3 rings (SSSR count). The number of hydrogen-bond acceptors (Lipinski definition) is 2. The Bertz CT molecular complexity index is 646. The molecular formula is C17H17ClFNO. The number of fused-ring (bicyclic) bond motifs is 1. The topological polar surface area (TPSA) is 35.2 Å². The van der Waals surface area contributed by atoms with Gasteiger partial charge < -0.3 is 10.5 Å². The molecule has 0 bridgehead atoms. The number of para-hydroxylation sites is 1. The van der Waals surface area contributed by atoms with E-state index in [0.29, 0.717) is 23.6 Å². The van der Waals surface area contributed by atoms with E-state index >= 15 is 0 Å². The lowest BCUT2D eigenvalue weighted by atomic mass is 9.84. The summed E-state index contributed by atoms with van der Waals surface area (Å²) in [5, 5.41) is 0.404. The summed E-state index contributed by atoms with van der Waals surface area (Å²) >= 11 is 5.78. The summed E-state index contributed by atoms with van der Waals surface area (Å²) in [4.78, 5) is 0. The number of hydrogen-bond donors (Lipinski definition) is 1. The molecule has 2 unspecified atom stereocenters. The van der Waals surface area contributed by atoms with Gasteiger partial charge in [0.1, 0.15) is 11.6 Å². The first kappa shape index (κ1) is 14.4. The molecule has 1 heterocycles. The van der Waals surface area contributed by atoms with Crippen molar-refractivity contribution >= 4 is 11.6 Å². The summed E-state index contributed by atoms with van der Waals surface area (Å²) < 4.78 is 19.6. The number of halogens is 2. The monoisotopic (exact) mass is 305 g/mol. The molecule has 0 radical (unpaired) electrons. The molecule has 2 aromatic rings. The van der Waals surface area contributed by atoms with Crippen LogP contribution in [0.5, 0.6) is 5.75 Å². The second kappa shape index (κ2) is 6.04. The molecule has 2 N–H and O–H groups in total. The number of nitrogens with two attached hydrogens (primary N) is 1. The van der Waals surface area contributed by atoms with Crippen LogP contribution >= 0.6 is 11.6 Å². The molecular weight excluding hydrogens is 289 g/mol. The molecule has 0 saturated carbocycles. The minimum atomic E-state index is -0.293. The van der Waals surface area contributed by atoms with Crippen LogP contribution in [0, 0.1) is 5.82 Å². The van der Waals surface area contributed by atoms with Crippen molar-refractivity contribution in [3.8, 4) is 5.75 Å². The van der Waals surface area contributed by atoms with Crippen molar-refractivity contribution in [2.75, 3.05) is 6.61 Å². The molecule has 2 nitrogen and oxygen atoms in total. The zero-order chi connectivity index (χ0) is 14.8. The zero-order valence-corrected chi connectivity index (χ0v) is 12.3. The summed E-state index contributed by atoms with van der Waals surface area (Å²) in [5.74, 6) is 0.782. The number of benzene rings is 2. The standard InChI is InChI=1S/C17H17ClFNO/c18-12-6-5-11(15(19)10-12)9-16(20)13-7-8-21-17-4-2-1-3-14(13)17/h1-6,10,13,16H,7-9,20H2. The lowest BCUT2D eigenvalue weighted by Gasteiger charge is -2.30. The van der Waals surface area contributed by atoms with Gasteiger partial charge in [-0.15, -0.1) is 0 Å². The fourth-order valence-corrected chi connectivity index (χ4v) is 3.06. The van der Waals surface area contributed by atoms with Crippen molar-refractivity contribution in [3.05, 3.63) is 64.4 Å². The fourth-order valence-electron chi connectivity index (χ4n) is 2.90. The van der Waals surface area contributed by atoms with Crippen LogP contribution in [0.3, 0.4) is 0 Å². The molecule has 0 spiro atoms. The molecule has 1 aliphatic heterocycles. The third kappa shape index (κ3) is 3.04. The Morgan fingerprint density at radius 2 is 2.10 bits per heavy atom. The van der Waals surface area contributed by atoms with Gasteiger partial charge in [0.05, 0.1) is 6.61 Å². The maximum Gasteiger partial charge on any atom is 0.127 e. The molecule has 2 aromatic carbocycles. The van der Waals surface area contributed by atoms with Crippen LogP contribution in [0.4, 0.5) is 4.39 Å². The highest BCUT2D eigenvalue weighted by atomic mass is 35.5. The molecule has 0 amide bonds. The van der Waals surface area contributed by atoms with Gasteiger partial charge >= 0.3 is 0 Å². The maximum absolute atomic E-state index is 13.9. The predicted molar refractivity (Wildman–Crippen MR) is 82.4 cm³/mol. The van der Waals surface area contributed by atoms with E-state index in [9.17, 15) is 4.39 Å². The molecule has 1 aliphatic rings. The molecule has 4 heteroatoms. The highest BCUT2D eigenvalue weighted by Crippen LogP contribution is 2.36. The lowest BCUT2D eigenvalue weighted by Crippen LogP contribution is -2.34. The van der Waals surface area contributed by atoms with Crippen molar-refractivity contribution in [3.63, 3.8) is 0 Å². The van der Waals surface area contributed by atoms with Gasteiger partial charge in [0.2, 0.25) is 0 Å². The first-order valence-corrected chi connectivity index (χ1v) is 7.44. The van der Waals surface area contributed by atoms with Crippen molar-refractivity contribution in [1.29, 1.82) is 0 Å². The van der Waals surface area contributed by atoms with Crippen LogP contribution in [0.15, 0.2) is 42.5 Å². The fraction of sp³-hybridized carbons (Fsp3) is 0.294. The number of rotatable bonds is 3. The zero-order valence-electron chi connectivity index (χ0n) is 11.6. The summed E-state index contributed by atoms with van der Waals surface area (Å²) in [6.45, 7) is 0.651. The van der Waals surface area contributed by atoms with Crippen LogP contribution in [0.25, 0.3) is 0 Å². The van der Waals surface area contributed by atoms with E-state index in [1.54, 1.807) is 12.1 Å². The van der Waals surface area contributed by atoms with Crippen LogP contribution in [0.2, 0.25) is 5.02 Å². The van der Waals surface area contributed by atoms with Crippen molar-refractivity contribution < 1.29 is 9.13 Å². The Labute approximate surface area is 128 Å². The molecule has 0 saturated heterocycles. The first-order valence-electron chi connectivity index (χ1n) is 7.06. The molecule has 21 heavy (non-hydrogen) atoms. The normalized spacial score (nSPS) is 18.7. The summed E-state index contributed by atoms with van der Waals surface area (Å²) in [5.41, 5.74) is 8.07. The first-order chi connectivity index (χ1) is 10.1. The van der Waals surface area contributed by atoms with E-state index in [-0.39, 0.29) is 17.8 Å². The van der Waals surface area contributed by atoms with Crippen molar-refractivity contribution in [1.82, 2.24) is 0 Å². The third-order valence-electron chi connectivity index (χ3n) is 3.99. The highest BCUT2D eigenvalue weighted by Gasteiger charge is 2.27. The van der Waals surface area contributed by atoms with E-state index in [1.807, 2.05) is 24.3 Å². The van der Waals surface area contributed by atoms with Gasteiger partial charge in [-0.3, -0.25) is 0 Å². The third-order valence-corrected chi connectivity index (χ3v) is 4.23. The molecule has 0 fully saturated rings. The SMILES string of the molecule is NC(Cc1ccc(Cl)cc1F)C1CCOc2ccccc21. The minimum absolute atomic E-state index is 0.147. The van der Waals surface area contributed by atoms with Gasteiger partial charge in [0.25, 0.3) is 0 Å². The summed E-state index contributed by atoms with van der Waals surface area (Å²) in [6, 6.07) is 12.5. The van der Waals surface area contributed by atoms with Gasteiger partial charge in [-0.25, -0.2) is 4.39 Å². The average Bonchev–Trinajstić information content (AvgIpc) is 2.49. The van der Waals surface area contributed by atoms with Crippen molar-refractivity contribution in [2.45, 2.75) is 24.8 Å². The van der Waals surface area contributed by atoms with E-state index in [0.717, 1.165) is 17.7 Å². The van der Waals surface area contributed by atoms with Gasteiger partial charge in [0, 0.05) is 17.0 Å². The Balaban J connectivity index is 1.81. The molecule has 0 aliphatic carbocycles. The van der Waals surface area contributed by atoms with Gasteiger partial charge in [0.15, 0.2) is 0 Å². The van der Waals surface area contributed by atoms with Gasteiger partial charge in [-0.1, -0.05) is 35.9 Å². The average molecular weight is 306 g/mol. The van der Waals surface area contributed by atoms with Crippen LogP contribution < -0.4 is 10.5 Å². The minimum Gasteiger partial charge on any atom is -0.493 e. The Morgan fingerprint density at radius 3 is 2.90 bits per heavy atom. The highest BCUT2D eigenvalue weighted by molar-refractivity contribution is 6.30. The predicted octanol–water partition coefficient (Wildman–Crippen LogP) is 3.92. The Hall–Kier alpha value is -1.58. The summed E-state index contributed by atoms with van der Waals surface area (Å²) in [6.07, 6.45) is 1.34. The van der Waals surface area contributed by atoms with Crippen LogP contribution in [-0.2, 0) is 6.42 Å². The molecule has 0 aromatic heterocycles. The molecule has 2 atom stereocenters. The quantitative estimate of drug-likeness (QED) is 0.933. The van der Waals surface area contributed by atoms with E-state index < -0.39 is 0 Å². The smallest absolute Gasteiger partial charge is 0.127 e. The van der Waals surface area contributed by atoms with E-state index in [1.165, 1.54) is 6.07 Å². The van der Waals surface area contributed by atoms with Crippen LogP contribution in [0.1, 0.15) is 23.5 Å². The number of ether oxygens (including phenoxy) is 1. The van der Waals surface area contributed by atoms with E-state index in [2.05, 4.69) is 0 Å². The second-order valence-corrected chi connectivity index (χ2v) is 5.82. The molecule has 110 valence electrons. The second-order valence-electron chi connectivity index (χ2n) is 5.39.